The van der Waals surface area contributed by atoms with Crippen LogP contribution in [0.2, 0.25) is 0 Å². The van der Waals surface area contributed by atoms with Crippen LogP contribution in [0.4, 0.5) is 0 Å². The molecule has 0 unspecified atom stereocenters. The number of rotatable bonds is 6. The monoisotopic (exact) mass is 336 g/mol. The average Bonchev–Trinajstić information content (AvgIpc) is 2.42. The Morgan fingerprint density at radius 1 is 1.19 bits per heavy atom. The van der Waals surface area contributed by atoms with Gasteiger partial charge in [0.05, 0.1) is 20.8 Å². The average molecular weight is 337 g/mol. The minimum Gasteiger partial charge on any atom is -0.496 e. The fourth-order valence-electron chi connectivity index (χ4n) is 1.54. The molecule has 0 saturated heterocycles. The molecule has 0 spiro atoms. The summed E-state index contributed by atoms with van der Waals surface area (Å²) in [6.45, 7) is 3.97. The summed E-state index contributed by atoms with van der Waals surface area (Å²) in [5, 5.41) is 0. The van der Waals surface area contributed by atoms with E-state index in [2.05, 4.69) is 0 Å². The lowest BCUT2D eigenvalue weighted by molar-refractivity contribution is 0.0455. The summed E-state index contributed by atoms with van der Waals surface area (Å²) in [4.78, 5) is 11.7. The van der Waals surface area contributed by atoms with E-state index in [0.717, 1.165) is 6.07 Å². The van der Waals surface area contributed by atoms with Crippen LogP contribution in [0.15, 0.2) is 17.0 Å². The largest absolute Gasteiger partial charge is 0.496 e. The van der Waals surface area contributed by atoms with Crippen molar-refractivity contribution in [1.82, 2.24) is 0 Å². The third kappa shape index (κ3) is 4.50. The standard InChI is InChI=1S/C13H17ClO6S/c1-8(2)7-20-13(15)9-5-12(21(14,16)17)11(19-4)6-10(9)18-3/h5-6,8H,7H2,1-4H3. The molecule has 1 aromatic rings. The van der Waals surface area contributed by atoms with Crippen molar-refractivity contribution in [3.05, 3.63) is 17.7 Å². The normalized spacial score (nSPS) is 11.3. The van der Waals surface area contributed by atoms with E-state index in [-0.39, 0.29) is 34.5 Å². The summed E-state index contributed by atoms with van der Waals surface area (Å²) in [5.41, 5.74) is -0.0295. The third-order valence-electron chi connectivity index (χ3n) is 2.52. The number of halogens is 1. The lowest BCUT2D eigenvalue weighted by Gasteiger charge is -2.13. The van der Waals surface area contributed by atoms with Crippen molar-refractivity contribution < 1.29 is 27.4 Å². The van der Waals surface area contributed by atoms with Gasteiger partial charge in [-0.05, 0) is 12.0 Å². The molecule has 0 aromatic heterocycles. The van der Waals surface area contributed by atoms with E-state index < -0.39 is 15.0 Å². The summed E-state index contributed by atoms with van der Waals surface area (Å²) in [6.07, 6.45) is 0. The molecular formula is C13H17ClO6S. The van der Waals surface area contributed by atoms with Crippen molar-refractivity contribution in [2.45, 2.75) is 18.7 Å². The van der Waals surface area contributed by atoms with Crippen LogP contribution >= 0.6 is 10.7 Å². The van der Waals surface area contributed by atoms with Gasteiger partial charge < -0.3 is 14.2 Å². The van der Waals surface area contributed by atoms with Crippen LogP contribution in [-0.2, 0) is 13.8 Å². The highest BCUT2D eigenvalue weighted by molar-refractivity contribution is 8.13. The topological polar surface area (TPSA) is 78.9 Å². The summed E-state index contributed by atoms with van der Waals surface area (Å²) >= 11 is 0. The van der Waals surface area contributed by atoms with Crippen LogP contribution in [0.1, 0.15) is 24.2 Å². The van der Waals surface area contributed by atoms with Gasteiger partial charge in [-0.15, -0.1) is 0 Å². The second kappa shape index (κ2) is 7.00. The van der Waals surface area contributed by atoms with Gasteiger partial charge in [0.15, 0.2) is 0 Å². The first-order chi connectivity index (χ1) is 9.70. The van der Waals surface area contributed by atoms with Crippen molar-refractivity contribution in [2.75, 3.05) is 20.8 Å². The minimum absolute atomic E-state index is 0.0118. The van der Waals surface area contributed by atoms with Crippen LogP contribution in [0, 0.1) is 5.92 Å². The van der Waals surface area contributed by atoms with Crippen LogP contribution in [0.25, 0.3) is 0 Å². The molecule has 0 aliphatic carbocycles. The number of esters is 1. The van der Waals surface area contributed by atoms with Crippen molar-refractivity contribution in [2.24, 2.45) is 5.92 Å². The summed E-state index contributed by atoms with van der Waals surface area (Å²) < 4.78 is 38.2. The molecule has 0 aliphatic heterocycles. The Kier molecular flexibility index (Phi) is 5.86. The Labute approximate surface area is 128 Å². The van der Waals surface area contributed by atoms with Crippen LogP contribution in [-0.4, -0.2) is 35.2 Å². The van der Waals surface area contributed by atoms with E-state index >= 15 is 0 Å². The highest BCUT2D eigenvalue weighted by Crippen LogP contribution is 2.34. The maximum atomic E-state index is 12.0. The van der Waals surface area contributed by atoms with E-state index in [1.165, 1.54) is 20.3 Å². The minimum atomic E-state index is -4.07. The number of ether oxygens (including phenoxy) is 3. The van der Waals surface area contributed by atoms with Gasteiger partial charge in [-0.1, -0.05) is 13.8 Å². The first-order valence-electron chi connectivity index (χ1n) is 6.08. The maximum Gasteiger partial charge on any atom is 0.341 e. The van der Waals surface area contributed by atoms with Crippen LogP contribution < -0.4 is 9.47 Å². The Morgan fingerprint density at radius 3 is 2.19 bits per heavy atom. The molecule has 118 valence electrons. The van der Waals surface area contributed by atoms with Gasteiger partial charge in [0.1, 0.15) is 22.0 Å². The summed E-state index contributed by atoms with van der Waals surface area (Å²) in [5.74, 6) is -0.411. The van der Waals surface area contributed by atoms with Crippen LogP contribution in [0.3, 0.4) is 0 Å². The van der Waals surface area contributed by atoms with E-state index in [9.17, 15) is 13.2 Å². The molecule has 1 rings (SSSR count). The van der Waals surface area contributed by atoms with Gasteiger partial charge in [-0.2, -0.15) is 0 Å². The van der Waals surface area contributed by atoms with Gasteiger partial charge in [0, 0.05) is 16.7 Å². The predicted octanol–water partition coefficient (Wildman–Crippen LogP) is 2.44. The molecule has 0 amide bonds. The smallest absolute Gasteiger partial charge is 0.341 e. The quantitative estimate of drug-likeness (QED) is 0.586. The van der Waals surface area contributed by atoms with E-state index in [0.29, 0.717) is 0 Å². The first kappa shape index (κ1) is 17.6. The Balaban J connectivity index is 3.34. The van der Waals surface area contributed by atoms with E-state index in [1.807, 2.05) is 13.8 Å². The van der Waals surface area contributed by atoms with Gasteiger partial charge in [0.25, 0.3) is 9.05 Å². The summed E-state index contributed by atoms with van der Waals surface area (Å²) in [6, 6.07) is 2.36. The highest BCUT2D eigenvalue weighted by atomic mass is 35.7. The van der Waals surface area contributed by atoms with Gasteiger partial charge >= 0.3 is 5.97 Å². The molecule has 21 heavy (non-hydrogen) atoms. The number of carbonyl (C=O) groups is 1. The first-order valence-corrected chi connectivity index (χ1v) is 8.39. The molecule has 1 aromatic carbocycles. The molecule has 0 heterocycles. The molecule has 0 fully saturated rings. The van der Waals surface area contributed by atoms with Gasteiger partial charge in [-0.3, -0.25) is 0 Å². The zero-order valence-electron chi connectivity index (χ0n) is 12.2. The van der Waals surface area contributed by atoms with Crippen molar-refractivity contribution in [3.63, 3.8) is 0 Å². The molecule has 0 N–H and O–H groups in total. The summed E-state index contributed by atoms with van der Waals surface area (Å²) in [7, 11) is 3.91. The van der Waals surface area contributed by atoms with Gasteiger partial charge in [-0.25, -0.2) is 13.2 Å². The lowest BCUT2D eigenvalue weighted by Crippen LogP contribution is -2.12. The second-order valence-electron chi connectivity index (χ2n) is 4.63. The Hall–Kier alpha value is -1.47. The highest BCUT2D eigenvalue weighted by Gasteiger charge is 2.24. The van der Waals surface area contributed by atoms with Crippen LogP contribution in [0.5, 0.6) is 11.5 Å². The number of carbonyl (C=O) groups excluding carboxylic acids is 1. The SMILES string of the molecule is COc1cc(OC)c(S(=O)(=O)Cl)cc1C(=O)OCC(C)C. The fourth-order valence-corrected chi connectivity index (χ4v) is 2.54. The molecule has 0 atom stereocenters. The molecule has 0 saturated carbocycles. The number of hydrogen-bond acceptors (Lipinski definition) is 6. The molecule has 0 aliphatic rings. The van der Waals surface area contributed by atoms with E-state index in [1.54, 1.807) is 0 Å². The lowest BCUT2D eigenvalue weighted by atomic mass is 10.2. The van der Waals surface area contributed by atoms with E-state index in [4.69, 9.17) is 24.9 Å². The zero-order valence-corrected chi connectivity index (χ0v) is 13.7. The number of hydrogen-bond donors (Lipinski definition) is 0. The maximum absolute atomic E-state index is 12.0. The number of benzene rings is 1. The Morgan fingerprint density at radius 2 is 1.76 bits per heavy atom. The molecular weight excluding hydrogens is 320 g/mol. The van der Waals surface area contributed by atoms with Crippen molar-refractivity contribution in [3.8, 4) is 11.5 Å². The van der Waals surface area contributed by atoms with Gasteiger partial charge in [0.2, 0.25) is 0 Å². The van der Waals surface area contributed by atoms with Crippen molar-refractivity contribution >= 4 is 25.7 Å². The van der Waals surface area contributed by atoms with Crippen molar-refractivity contribution in [1.29, 1.82) is 0 Å². The third-order valence-corrected chi connectivity index (χ3v) is 3.86. The molecule has 6 nitrogen and oxygen atoms in total. The Bertz CT molecular complexity index is 624. The predicted molar refractivity (Wildman–Crippen MR) is 77.7 cm³/mol. The fraction of sp³-hybridized carbons (Fsp3) is 0.462. The molecule has 0 bridgehead atoms. The number of methoxy groups -OCH3 is 2. The zero-order chi connectivity index (χ0) is 16.2. The second-order valence-corrected chi connectivity index (χ2v) is 7.17. The molecule has 0 radical (unpaired) electrons. The molecule has 8 heteroatoms.